The summed E-state index contributed by atoms with van der Waals surface area (Å²) < 4.78 is 4.60. The van der Waals surface area contributed by atoms with Crippen LogP contribution >= 0.6 is 0 Å². The Bertz CT molecular complexity index is 448. The van der Waals surface area contributed by atoms with Gasteiger partial charge in [0.2, 0.25) is 0 Å². The molecule has 1 saturated carbocycles. The minimum atomic E-state index is -0.296. The van der Waals surface area contributed by atoms with Crippen molar-refractivity contribution in [3.8, 4) is 0 Å². The molecule has 1 unspecified atom stereocenters. The lowest BCUT2D eigenvalue weighted by molar-refractivity contribution is -0.140. The lowest BCUT2D eigenvalue weighted by Crippen LogP contribution is -2.02. The van der Waals surface area contributed by atoms with Crippen molar-refractivity contribution in [3.63, 3.8) is 0 Å². The third-order valence-electron chi connectivity index (χ3n) is 4.61. The van der Waals surface area contributed by atoms with Crippen molar-refractivity contribution < 1.29 is 14.6 Å². The number of esters is 1. The quantitative estimate of drug-likeness (QED) is 0.256. The van der Waals surface area contributed by atoms with E-state index in [0.717, 1.165) is 31.6 Å². The standard InChI is InChI=1S/C22H36O3/c1-3-4-5-6-7-10-13-19-18-20(19)16-17-21(23)14-11-8-9-12-15-22(24)25-2/h7-8,10-11,16,19,21,23H,3-6,9,12-15,17-18H2,1-2H3/b10-7-,11-8-,20-16?/t19?,21-/m1/s1. The number of hydrogen-bond donors (Lipinski definition) is 1. The molecular formula is C22H36O3. The topological polar surface area (TPSA) is 46.5 Å². The SMILES string of the molecule is CCCCC/C=C\CC1CC1=CC[C@H](O)C/C=C\CCCC(=O)OC. The summed E-state index contributed by atoms with van der Waals surface area (Å²) in [5, 5.41) is 10.0. The number of allylic oxidation sites excluding steroid dienone is 4. The predicted molar refractivity (Wildman–Crippen MR) is 104 cm³/mol. The molecule has 0 bridgehead atoms. The third-order valence-corrected chi connectivity index (χ3v) is 4.61. The minimum absolute atomic E-state index is 0.158. The number of carbonyl (C=O) groups is 1. The number of hydrogen-bond acceptors (Lipinski definition) is 3. The van der Waals surface area contributed by atoms with Gasteiger partial charge in [0.05, 0.1) is 13.2 Å². The summed E-state index contributed by atoms with van der Waals surface area (Å²) in [6.07, 6.45) is 21.7. The Balaban J connectivity index is 2.03. The predicted octanol–water partition coefficient (Wildman–Crippen LogP) is 5.50. The third kappa shape index (κ3) is 11.8. The van der Waals surface area contributed by atoms with Crippen molar-refractivity contribution in [1.29, 1.82) is 0 Å². The van der Waals surface area contributed by atoms with E-state index >= 15 is 0 Å². The molecule has 1 N–H and O–H groups in total. The number of carbonyl (C=O) groups excluding carboxylic acids is 1. The summed E-state index contributed by atoms with van der Waals surface area (Å²) in [5.74, 6) is 0.568. The van der Waals surface area contributed by atoms with Gasteiger partial charge in [0, 0.05) is 6.42 Å². The van der Waals surface area contributed by atoms with E-state index in [1.54, 1.807) is 0 Å². The maximum atomic E-state index is 11.0. The Labute approximate surface area is 153 Å². The second kappa shape index (κ2) is 13.9. The fourth-order valence-corrected chi connectivity index (χ4v) is 2.82. The van der Waals surface area contributed by atoms with Gasteiger partial charge in [-0.25, -0.2) is 0 Å². The van der Waals surface area contributed by atoms with Crippen LogP contribution in [0.2, 0.25) is 0 Å². The summed E-state index contributed by atoms with van der Waals surface area (Å²) >= 11 is 0. The van der Waals surface area contributed by atoms with Gasteiger partial charge in [-0.15, -0.1) is 0 Å². The maximum absolute atomic E-state index is 11.0. The van der Waals surface area contributed by atoms with E-state index < -0.39 is 0 Å². The molecule has 0 amide bonds. The normalized spacial score (nSPS) is 19.8. The van der Waals surface area contributed by atoms with Gasteiger partial charge in [-0.1, -0.05) is 55.7 Å². The van der Waals surface area contributed by atoms with Crippen LogP contribution in [0.5, 0.6) is 0 Å². The molecule has 1 rings (SSSR count). The van der Waals surface area contributed by atoms with Crippen LogP contribution in [0.3, 0.4) is 0 Å². The highest BCUT2D eigenvalue weighted by Crippen LogP contribution is 2.41. The molecule has 1 aliphatic rings. The van der Waals surface area contributed by atoms with Crippen LogP contribution in [-0.2, 0) is 9.53 Å². The Morgan fingerprint density at radius 3 is 2.68 bits per heavy atom. The first-order chi connectivity index (χ1) is 12.2. The van der Waals surface area contributed by atoms with Gasteiger partial charge in [-0.3, -0.25) is 4.79 Å². The highest BCUT2D eigenvalue weighted by molar-refractivity contribution is 5.69. The molecule has 0 aromatic carbocycles. The zero-order valence-corrected chi connectivity index (χ0v) is 16.1. The van der Waals surface area contributed by atoms with Gasteiger partial charge < -0.3 is 9.84 Å². The van der Waals surface area contributed by atoms with Crippen molar-refractivity contribution in [1.82, 2.24) is 0 Å². The summed E-state index contributed by atoms with van der Waals surface area (Å²) in [4.78, 5) is 11.0. The number of aliphatic hydroxyl groups is 1. The summed E-state index contributed by atoms with van der Waals surface area (Å²) in [5.41, 5.74) is 1.51. The molecule has 0 aliphatic heterocycles. The van der Waals surface area contributed by atoms with Crippen molar-refractivity contribution in [2.45, 2.75) is 83.7 Å². The number of rotatable bonds is 14. The second-order valence-electron chi connectivity index (χ2n) is 6.95. The molecule has 0 saturated heterocycles. The van der Waals surface area contributed by atoms with E-state index in [4.69, 9.17) is 0 Å². The fourth-order valence-electron chi connectivity index (χ4n) is 2.82. The van der Waals surface area contributed by atoms with Crippen LogP contribution in [0, 0.1) is 5.92 Å². The molecule has 1 fully saturated rings. The van der Waals surface area contributed by atoms with Crippen LogP contribution in [0.1, 0.15) is 77.6 Å². The highest BCUT2D eigenvalue weighted by atomic mass is 16.5. The first-order valence-corrected chi connectivity index (χ1v) is 9.91. The smallest absolute Gasteiger partial charge is 0.305 e. The molecule has 3 nitrogen and oxygen atoms in total. The van der Waals surface area contributed by atoms with Crippen LogP contribution < -0.4 is 0 Å². The lowest BCUT2D eigenvalue weighted by Gasteiger charge is -2.03. The molecule has 1 aliphatic carbocycles. The fraction of sp³-hybridized carbons (Fsp3) is 0.682. The molecule has 25 heavy (non-hydrogen) atoms. The molecule has 0 spiro atoms. The average Bonchev–Trinajstić information content (AvgIpc) is 3.37. The minimum Gasteiger partial charge on any atom is -0.469 e. The molecule has 142 valence electrons. The van der Waals surface area contributed by atoms with Crippen LogP contribution in [0.4, 0.5) is 0 Å². The largest absolute Gasteiger partial charge is 0.469 e. The van der Waals surface area contributed by atoms with Crippen LogP contribution in [0.25, 0.3) is 0 Å². The number of aliphatic hydroxyl groups excluding tert-OH is 1. The number of unbranched alkanes of at least 4 members (excludes halogenated alkanes) is 4. The monoisotopic (exact) mass is 348 g/mol. The van der Waals surface area contributed by atoms with E-state index in [-0.39, 0.29) is 12.1 Å². The number of ether oxygens (including phenoxy) is 1. The van der Waals surface area contributed by atoms with Gasteiger partial charge in [-0.05, 0) is 57.3 Å². The van der Waals surface area contributed by atoms with Crippen LogP contribution in [-0.4, -0.2) is 24.3 Å². The van der Waals surface area contributed by atoms with E-state index in [9.17, 15) is 9.90 Å². The Hall–Kier alpha value is -1.35. The summed E-state index contributed by atoms with van der Waals surface area (Å²) in [7, 11) is 1.41. The first kappa shape index (κ1) is 21.7. The zero-order valence-electron chi connectivity index (χ0n) is 16.1. The molecular weight excluding hydrogens is 312 g/mol. The van der Waals surface area contributed by atoms with Crippen molar-refractivity contribution in [3.05, 3.63) is 36.0 Å². The van der Waals surface area contributed by atoms with Gasteiger partial charge in [0.15, 0.2) is 0 Å². The van der Waals surface area contributed by atoms with Gasteiger partial charge in [0.25, 0.3) is 0 Å². The van der Waals surface area contributed by atoms with Crippen molar-refractivity contribution >= 4 is 5.97 Å². The molecule has 3 heteroatoms. The maximum Gasteiger partial charge on any atom is 0.305 e. The van der Waals surface area contributed by atoms with Gasteiger partial charge in [-0.2, -0.15) is 0 Å². The lowest BCUT2D eigenvalue weighted by atomic mass is 10.1. The Kier molecular flexibility index (Phi) is 12.0. The van der Waals surface area contributed by atoms with Crippen molar-refractivity contribution in [2.24, 2.45) is 5.92 Å². The van der Waals surface area contributed by atoms with Crippen molar-refractivity contribution in [2.75, 3.05) is 7.11 Å². The average molecular weight is 349 g/mol. The van der Waals surface area contributed by atoms with E-state index in [0.29, 0.717) is 12.8 Å². The molecule has 0 aromatic rings. The first-order valence-electron chi connectivity index (χ1n) is 9.91. The second-order valence-corrected chi connectivity index (χ2v) is 6.95. The Morgan fingerprint density at radius 2 is 1.92 bits per heavy atom. The van der Waals surface area contributed by atoms with E-state index in [1.807, 2.05) is 12.2 Å². The van der Waals surface area contributed by atoms with Crippen LogP contribution in [0.15, 0.2) is 36.0 Å². The summed E-state index contributed by atoms with van der Waals surface area (Å²) in [6.45, 7) is 2.24. The highest BCUT2D eigenvalue weighted by Gasteiger charge is 2.27. The Morgan fingerprint density at radius 1 is 1.16 bits per heavy atom. The van der Waals surface area contributed by atoms with E-state index in [1.165, 1.54) is 44.8 Å². The molecule has 0 radical (unpaired) electrons. The number of methoxy groups -OCH3 is 1. The van der Waals surface area contributed by atoms with E-state index in [2.05, 4.69) is 29.9 Å². The summed E-state index contributed by atoms with van der Waals surface area (Å²) in [6, 6.07) is 0. The zero-order chi connectivity index (χ0) is 18.3. The van der Waals surface area contributed by atoms with Gasteiger partial charge in [0.1, 0.15) is 0 Å². The molecule has 0 heterocycles. The van der Waals surface area contributed by atoms with Gasteiger partial charge >= 0.3 is 5.97 Å². The molecule has 2 atom stereocenters. The molecule has 0 aromatic heterocycles.